The Kier molecular flexibility index (Phi) is 5.06. The number of carboxylic acids is 1. The highest BCUT2D eigenvalue weighted by Gasteiger charge is 2.24. The molecule has 6 heteroatoms. The van der Waals surface area contributed by atoms with Gasteiger partial charge in [-0.2, -0.15) is 0 Å². The maximum Gasteiger partial charge on any atom is 0.328 e. The monoisotopic (exact) mass is 401 g/mol. The molecule has 1 heterocycles. The van der Waals surface area contributed by atoms with Crippen LogP contribution in [0.25, 0.3) is 22.6 Å². The average Bonchev–Trinajstić information content (AvgIpc) is 3.09. The van der Waals surface area contributed by atoms with Crippen molar-refractivity contribution in [2.24, 2.45) is 0 Å². The molecule has 2 N–H and O–H groups in total. The van der Waals surface area contributed by atoms with E-state index in [2.05, 4.69) is 11.4 Å². The van der Waals surface area contributed by atoms with E-state index in [-0.39, 0.29) is 5.43 Å². The van der Waals surface area contributed by atoms with Gasteiger partial charge in [-0.05, 0) is 49.1 Å². The summed E-state index contributed by atoms with van der Waals surface area (Å²) in [5.74, 6) is -1.21. The zero-order chi connectivity index (χ0) is 21.3. The van der Waals surface area contributed by atoms with Crippen molar-refractivity contribution in [3.63, 3.8) is 0 Å². The molecule has 0 spiro atoms. The second kappa shape index (κ2) is 7.83. The van der Waals surface area contributed by atoms with Gasteiger partial charge in [-0.1, -0.05) is 29.8 Å². The number of aryl methyl sites for hydroxylation is 1. The Balaban J connectivity index is 1.72. The molecule has 0 radical (unpaired) electrons. The van der Waals surface area contributed by atoms with Gasteiger partial charge in [0.25, 0.3) is 0 Å². The van der Waals surface area contributed by atoms with Gasteiger partial charge in [0, 0.05) is 29.5 Å². The van der Waals surface area contributed by atoms with Gasteiger partial charge in [0.1, 0.15) is 11.3 Å². The highest BCUT2D eigenvalue weighted by Crippen LogP contribution is 2.34. The molecule has 3 aromatic rings. The van der Waals surface area contributed by atoms with E-state index in [1.807, 2.05) is 31.2 Å². The lowest BCUT2D eigenvalue weighted by Crippen LogP contribution is -2.11. The largest absolute Gasteiger partial charge is 0.478 e. The van der Waals surface area contributed by atoms with Crippen LogP contribution in [-0.2, 0) is 16.0 Å². The fourth-order valence-electron chi connectivity index (χ4n) is 3.60. The molecule has 0 bridgehead atoms. The SMILES string of the molecule is Cc1cccc(C=C2CCc3c2oc2cc(NC(=O)C=CC(=O)O)ccc2c3=O)c1. The van der Waals surface area contributed by atoms with E-state index in [9.17, 15) is 14.4 Å². The predicted molar refractivity (Wildman–Crippen MR) is 115 cm³/mol. The Bertz CT molecular complexity index is 1300. The molecule has 1 amide bonds. The smallest absolute Gasteiger partial charge is 0.328 e. The molecular weight excluding hydrogens is 382 g/mol. The number of allylic oxidation sites excluding steroid dienone is 1. The minimum atomic E-state index is -1.21. The van der Waals surface area contributed by atoms with Crippen molar-refractivity contribution in [2.75, 3.05) is 5.32 Å². The van der Waals surface area contributed by atoms with Gasteiger partial charge in [0.2, 0.25) is 5.91 Å². The Morgan fingerprint density at radius 2 is 1.93 bits per heavy atom. The van der Waals surface area contributed by atoms with Crippen LogP contribution in [0.1, 0.15) is 28.9 Å². The van der Waals surface area contributed by atoms with Crippen molar-refractivity contribution in [3.8, 4) is 0 Å². The lowest BCUT2D eigenvalue weighted by molar-refractivity contribution is -0.131. The quantitative estimate of drug-likeness (QED) is 0.640. The van der Waals surface area contributed by atoms with Crippen LogP contribution in [0.3, 0.4) is 0 Å². The number of benzene rings is 2. The van der Waals surface area contributed by atoms with E-state index in [0.29, 0.717) is 34.4 Å². The van der Waals surface area contributed by atoms with E-state index in [4.69, 9.17) is 9.52 Å². The second-order valence-corrected chi connectivity index (χ2v) is 7.19. The number of carboxylic acid groups (broad SMARTS) is 1. The number of rotatable bonds is 4. The molecule has 2 aromatic carbocycles. The predicted octanol–water partition coefficient (Wildman–Crippen LogP) is 4.17. The summed E-state index contributed by atoms with van der Waals surface area (Å²) >= 11 is 0. The number of aliphatic carboxylic acids is 1. The summed E-state index contributed by atoms with van der Waals surface area (Å²) < 4.78 is 6.09. The van der Waals surface area contributed by atoms with E-state index in [1.165, 1.54) is 0 Å². The summed E-state index contributed by atoms with van der Waals surface area (Å²) in [6, 6.07) is 12.9. The third-order valence-electron chi connectivity index (χ3n) is 4.95. The van der Waals surface area contributed by atoms with Crippen molar-refractivity contribution < 1.29 is 19.1 Å². The maximum absolute atomic E-state index is 12.9. The van der Waals surface area contributed by atoms with Gasteiger partial charge in [-0.25, -0.2) is 4.79 Å². The molecular formula is C24H19NO5. The molecule has 0 unspecified atom stereocenters. The fourth-order valence-corrected chi connectivity index (χ4v) is 3.60. The first-order valence-corrected chi connectivity index (χ1v) is 9.50. The van der Waals surface area contributed by atoms with Gasteiger partial charge in [0.05, 0.1) is 5.39 Å². The molecule has 1 aliphatic rings. The lowest BCUT2D eigenvalue weighted by Gasteiger charge is -2.07. The standard InChI is InChI=1S/C24H19NO5/c1-14-3-2-4-15(11-14)12-16-5-7-19-23(29)18-8-6-17(13-20(18)30-24(16)19)25-21(26)9-10-22(27)28/h2-4,6,8-13H,5,7H2,1H3,(H,25,26)(H,27,28). The molecule has 150 valence electrons. The summed E-state index contributed by atoms with van der Waals surface area (Å²) in [6.45, 7) is 2.03. The van der Waals surface area contributed by atoms with Crippen molar-refractivity contribution in [2.45, 2.75) is 19.8 Å². The Morgan fingerprint density at radius 1 is 1.10 bits per heavy atom. The molecule has 1 aromatic heterocycles. The molecule has 30 heavy (non-hydrogen) atoms. The van der Waals surface area contributed by atoms with Crippen LogP contribution in [-0.4, -0.2) is 17.0 Å². The lowest BCUT2D eigenvalue weighted by atomic mass is 10.1. The molecule has 0 saturated heterocycles. The van der Waals surface area contributed by atoms with E-state index in [1.54, 1.807) is 18.2 Å². The van der Waals surface area contributed by atoms with Gasteiger partial charge < -0.3 is 14.8 Å². The van der Waals surface area contributed by atoms with E-state index < -0.39 is 11.9 Å². The van der Waals surface area contributed by atoms with Gasteiger partial charge in [-0.15, -0.1) is 0 Å². The van der Waals surface area contributed by atoms with Crippen LogP contribution in [0, 0.1) is 6.92 Å². The molecule has 0 atom stereocenters. The molecule has 4 rings (SSSR count). The summed E-state index contributed by atoms with van der Waals surface area (Å²) in [5.41, 5.74) is 4.55. The number of anilines is 1. The molecule has 1 aliphatic carbocycles. The van der Waals surface area contributed by atoms with Crippen molar-refractivity contribution in [1.82, 2.24) is 0 Å². The molecule has 0 saturated carbocycles. The third kappa shape index (κ3) is 3.93. The third-order valence-corrected chi connectivity index (χ3v) is 4.95. The number of nitrogens with one attached hydrogen (secondary N) is 1. The van der Waals surface area contributed by atoms with E-state index >= 15 is 0 Å². The van der Waals surface area contributed by atoms with Crippen LogP contribution in [0.5, 0.6) is 0 Å². The Labute approximate surface area is 172 Å². The minimum Gasteiger partial charge on any atom is -0.478 e. The number of amides is 1. The van der Waals surface area contributed by atoms with Crippen LogP contribution in [0.2, 0.25) is 0 Å². The van der Waals surface area contributed by atoms with Crippen LogP contribution >= 0.6 is 0 Å². The number of fused-ring (bicyclic) bond motifs is 2. The molecule has 0 fully saturated rings. The summed E-state index contributed by atoms with van der Waals surface area (Å²) in [4.78, 5) is 35.3. The summed E-state index contributed by atoms with van der Waals surface area (Å²) in [6.07, 6.45) is 5.07. The number of carbonyl (C=O) groups is 2. The number of carbonyl (C=O) groups excluding carboxylic acids is 1. The van der Waals surface area contributed by atoms with Gasteiger partial charge >= 0.3 is 5.97 Å². The molecule has 6 nitrogen and oxygen atoms in total. The maximum atomic E-state index is 12.9. The Morgan fingerprint density at radius 3 is 2.70 bits per heavy atom. The van der Waals surface area contributed by atoms with Gasteiger partial charge in [0.15, 0.2) is 5.43 Å². The van der Waals surface area contributed by atoms with Gasteiger partial charge in [-0.3, -0.25) is 9.59 Å². The van der Waals surface area contributed by atoms with Crippen LogP contribution in [0.15, 0.2) is 63.8 Å². The first-order valence-electron chi connectivity index (χ1n) is 9.50. The first-order chi connectivity index (χ1) is 14.4. The van der Waals surface area contributed by atoms with Crippen molar-refractivity contribution in [3.05, 3.63) is 87.3 Å². The number of hydrogen-bond donors (Lipinski definition) is 2. The zero-order valence-electron chi connectivity index (χ0n) is 16.3. The van der Waals surface area contributed by atoms with E-state index in [0.717, 1.165) is 35.3 Å². The van der Waals surface area contributed by atoms with Crippen molar-refractivity contribution >= 4 is 40.2 Å². The summed E-state index contributed by atoms with van der Waals surface area (Å²) in [7, 11) is 0. The zero-order valence-corrected chi connectivity index (χ0v) is 16.3. The fraction of sp³-hybridized carbons (Fsp3) is 0.125. The highest BCUT2D eigenvalue weighted by molar-refractivity contribution is 6.03. The topological polar surface area (TPSA) is 96.6 Å². The van der Waals surface area contributed by atoms with Crippen molar-refractivity contribution in [1.29, 1.82) is 0 Å². The van der Waals surface area contributed by atoms with Crippen LogP contribution in [0.4, 0.5) is 5.69 Å². The average molecular weight is 401 g/mol. The number of hydrogen-bond acceptors (Lipinski definition) is 4. The second-order valence-electron chi connectivity index (χ2n) is 7.19. The Hall–Kier alpha value is -3.93. The van der Waals surface area contributed by atoms with Crippen LogP contribution < -0.4 is 10.7 Å². The highest BCUT2D eigenvalue weighted by atomic mass is 16.4. The first kappa shape index (κ1) is 19.4. The minimum absolute atomic E-state index is 0.0671. The summed E-state index contributed by atoms with van der Waals surface area (Å²) in [5, 5.41) is 11.6. The normalized spacial score (nSPS) is 14.4. The molecule has 0 aliphatic heterocycles.